The van der Waals surface area contributed by atoms with E-state index in [4.69, 9.17) is 14.5 Å². The molecule has 2 aromatic rings. The van der Waals surface area contributed by atoms with Crippen LogP contribution in [0.5, 0.6) is 0 Å². The van der Waals surface area contributed by atoms with E-state index in [1.807, 2.05) is 0 Å². The number of hydrogen-bond donors (Lipinski definition) is 3. The van der Waals surface area contributed by atoms with Crippen LogP contribution in [0.4, 0.5) is 0 Å². The van der Waals surface area contributed by atoms with Crippen molar-refractivity contribution < 1.29 is 28.7 Å². The summed E-state index contributed by atoms with van der Waals surface area (Å²) in [7, 11) is -4.72. The molecule has 10 nitrogen and oxygen atoms in total. The molecule has 3 atom stereocenters. The van der Waals surface area contributed by atoms with Gasteiger partial charge in [-0.25, -0.2) is 14.3 Å². The molecule has 0 amide bonds. The highest BCUT2D eigenvalue weighted by Crippen LogP contribution is 2.43. The van der Waals surface area contributed by atoms with Gasteiger partial charge in [0, 0.05) is 25.0 Å². The van der Waals surface area contributed by atoms with Crippen molar-refractivity contribution in [1.82, 2.24) is 14.0 Å². The molecule has 3 rings (SSSR count). The summed E-state index contributed by atoms with van der Waals surface area (Å²) in [4.78, 5) is 34.1. The van der Waals surface area contributed by atoms with Gasteiger partial charge >= 0.3 is 13.5 Å². The Morgan fingerprint density at radius 1 is 1.45 bits per heavy atom. The third-order valence-corrected chi connectivity index (χ3v) is 3.97. The first-order valence-electron chi connectivity index (χ1n) is 6.43. The number of aliphatic hydroxyl groups excluding tert-OH is 1. The predicted octanol–water partition coefficient (Wildman–Crippen LogP) is -0.746. The fourth-order valence-electron chi connectivity index (χ4n) is 2.48. The van der Waals surface area contributed by atoms with Crippen LogP contribution in [0.3, 0.4) is 0 Å². The minimum Gasteiger partial charge on any atom is -0.394 e. The summed E-state index contributed by atoms with van der Waals surface area (Å²) in [5, 5.41) is 9.25. The van der Waals surface area contributed by atoms with E-state index in [2.05, 4.69) is 9.51 Å². The summed E-state index contributed by atoms with van der Waals surface area (Å²) in [6.07, 6.45) is 1.74. The van der Waals surface area contributed by atoms with Crippen LogP contribution in [0.2, 0.25) is 0 Å². The maximum atomic E-state index is 12.3. The van der Waals surface area contributed by atoms with Crippen molar-refractivity contribution in [3.63, 3.8) is 0 Å². The lowest BCUT2D eigenvalue weighted by Crippen LogP contribution is -2.29. The molecule has 1 saturated heterocycles. The Bertz CT molecular complexity index is 781. The van der Waals surface area contributed by atoms with Gasteiger partial charge in [0.15, 0.2) is 0 Å². The Labute approximate surface area is 123 Å². The van der Waals surface area contributed by atoms with Crippen LogP contribution in [0.1, 0.15) is 12.6 Å². The third-order valence-electron chi connectivity index (χ3n) is 3.42. The zero-order valence-corrected chi connectivity index (χ0v) is 12.1. The molecule has 120 valence electrons. The van der Waals surface area contributed by atoms with Crippen LogP contribution >= 0.6 is 7.82 Å². The number of rotatable bonds is 4. The molecule has 1 aliphatic heterocycles. The summed E-state index contributed by atoms with van der Waals surface area (Å²) in [5.74, 6) is 0. The van der Waals surface area contributed by atoms with Gasteiger partial charge in [0.05, 0.1) is 6.61 Å². The van der Waals surface area contributed by atoms with Crippen molar-refractivity contribution in [1.29, 1.82) is 0 Å². The lowest BCUT2D eigenvalue weighted by Gasteiger charge is -2.16. The zero-order valence-electron chi connectivity index (χ0n) is 11.2. The Balaban J connectivity index is 1.90. The first-order chi connectivity index (χ1) is 10.4. The summed E-state index contributed by atoms with van der Waals surface area (Å²) < 4.78 is 23.6. The monoisotopic (exact) mass is 331 g/mol. The van der Waals surface area contributed by atoms with Crippen molar-refractivity contribution in [2.45, 2.75) is 24.9 Å². The molecule has 3 N–H and O–H groups in total. The largest absolute Gasteiger partial charge is 0.469 e. The van der Waals surface area contributed by atoms with Gasteiger partial charge in [-0.2, -0.15) is 0 Å². The molecule has 3 unspecified atom stereocenters. The molecule has 3 heterocycles. The van der Waals surface area contributed by atoms with E-state index in [0.29, 0.717) is 5.65 Å². The highest BCUT2D eigenvalue weighted by Gasteiger charge is 2.40. The fourth-order valence-corrected chi connectivity index (χ4v) is 3.05. The number of phosphoric ester groups is 1. The lowest BCUT2D eigenvalue weighted by atomic mass is 10.2. The van der Waals surface area contributed by atoms with Crippen LogP contribution < -0.4 is 5.69 Å². The van der Waals surface area contributed by atoms with Gasteiger partial charge in [-0.05, 0) is 6.07 Å². The quantitative estimate of drug-likeness (QED) is 0.623. The minimum atomic E-state index is -4.72. The highest BCUT2D eigenvalue weighted by molar-refractivity contribution is 7.46. The van der Waals surface area contributed by atoms with Crippen LogP contribution in [0, 0.1) is 0 Å². The molecule has 0 radical (unpaired) electrons. The van der Waals surface area contributed by atoms with Crippen molar-refractivity contribution >= 4 is 13.5 Å². The number of aliphatic hydroxyl groups is 1. The zero-order chi connectivity index (χ0) is 15.9. The van der Waals surface area contributed by atoms with Crippen molar-refractivity contribution in [3.8, 4) is 0 Å². The van der Waals surface area contributed by atoms with Crippen LogP contribution in [0.25, 0.3) is 5.65 Å². The number of imidazole rings is 1. The van der Waals surface area contributed by atoms with Gasteiger partial charge in [-0.3, -0.25) is 13.5 Å². The predicted molar refractivity (Wildman–Crippen MR) is 72.0 cm³/mol. The summed E-state index contributed by atoms with van der Waals surface area (Å²) >= 11 is 0. The second kappa shape index (κ2) is 5.58. The molecule has 11 heteroatoms. The van der Waals surface area contributed by atoms with Gasteiger partial charge < -0.3 is 19.6 Å². The Kier molecular flexibility index (Phi) is 3.89. The molecule has 2 aromatic heterocycles. The first-order valence-corrected chi connectivity index (χ1v) is 7.96. The molecule has 0 bridgehead atoms. The molecule has 0 saturated carbocycles. The SMILES string of the molecule is O=c1n(C2CC(OP(=O)(O)O)C(CO)O2)ccc2nccn12. The molecule has 1 aliphatic rings. The number of aromatic nitrogens is 3. The highest BCUT2D eigenvalue weighted by atomic mass is 31.2. The third kappa shape index (κ3) is 2.84. The second-order valence-corrected chi connectivity index (χ2v) is 6.03. The van der Waals surface area contributed by atoms with E-state index in [1.165, 1.54) is 27.6 Å². The average Bonchev–Trinajstić information content (AvgIpc) is 3.04. The lowest BCUT2D eigenvalue weighted by molar-refractivity contribution is -0.0453. The molecule has 0 aliphatic carbocycles. The number of phosphoric acid groups is 1. The Hall–Kier alpha value is -1.55. The average molecular weight is 331 g/mol. The van der Waals surface area contributed by atoms with Gasteiger partial charge in [0.2, 0.25) is 0 Å². The topological polar surface area (TPSA) is 136 Å². The van der Waals surface area contributed by atoms with E-state index in [1.54, 1.807) is 6.07 Å². The summed E-state index contributed by atoms with van der Waals surface area (Å²) in [6.45, 7) is -0.483. The number of nitrogens with zero attached hydrogens (tertiary/aromatic N) is 3. The van der Waals surface area contributed by atoms with E-state index in [9.17, 15) is 14.5 Å². The fraction of sp³-hybridized carbons (Fsp3) is 0.455. The van der Waals surface area contributed by atoms with E-state index in [-0.39, 0.29) is 6.42 Å². The normalized spacial score (nSPS) is 25.9. The van der Waals surface area contributed by atoms with Gasteiger partial charge in [0.1, 0.15) is 24.1 Å². The standard InChI is InChI=1S/C11H14N3O7P/c15-6-8-7(21-22(17,18)19)5-10(20-8)14-3-1-9-12-2-4-13(9)11(14)16/h1-4,7-8,10,15H,5-6H2,(H2,17,18,19). The first kappa shape index (κ1) is 15.3. The van der Waals surface area contributed by atoms with Crippen molar-refractivity contribution in [2.75, 3.05) is 6.61 Å². The van der Waals surface area contributed by atoms with E-state index in [0.717, 1.165) is 0 Å². The molecule has 1 fully saturated rings. The Morgan fingerprint density at radius 2 is 2.23 bits per heavy atom. The number of ether oxygens (including phenoxy) is 1. The molecule has 0 spiro atoms. The van der Waals surface area contributed by atoms with Crippen LogP contribution in [-0.4, -0.2) is 47.7 Å². The molecule has 22 heavy (non-hydrogen) atoms. The van der Waals surface area contributed by atoms with Gasteiger partial charge in [0.25, 0.3) is 0 Å². The maximum absolute atomic E-state index is 12.3. The number of hydrogen-bond acceptors (Lipinski definition) is 6. The molecule has 0 aromatic carbocycles. The van der Waals surface area contributed by atoms with E-state index >= 15 is 0 Å². The molecular weight excluding hydrogens is 317 g/mol. The second-order valence-electron chi connectivity index (χ2n) is 4.84. The summed E-state index contributed by atoms with van der Waals surface area (Å²) in [5.41, 5.74) is 0.0643. The van der Waals surface area contributed by atoms with Crippen LogP contribution in [0.15, 0.2) is 29.5 Å². The minimum absolute atomic E-state index is 0.0243. The van der Waals surface area contributed by atoms with Crippen LogP contribution in [-0.2, 0) is 13.8 Å². The van der Waals surface area contributed by atoms with Gasteiger partial charge in [-0.15, -0.1) is 0 Å². The van der Waals surface area contributed by atoms with E-state index < -0.39 is 38.6 Å². The smallest absolute Gasteiger partial charge is 0.394 e. The van der Waals surface area contributed by atoms with Crippen molar-refractivity contribution in [3.05, 3.63) is 35.1 Å². The summed E-state index contributed by atoms with van der Waals surface area (Å²) in [6, 6.07) is 1.61. The van der Waals surface area contributed by atoms with Gasteiger partial charge in [-0.1, -0.05) is 0 Å². The molecular formula is C11H14N3O7P. The maximum Gasteiger partial charge on any atom is 0.469 e. The Morgan fingerprint density at radius 3 is 2.91 bits per heavy atom. The van der Waals surface area contributed by atoms with Crippen molar-refractivity contribution in [2.24, 2.45) is 0 Å². The number of fused-ring (bicyclic) bond motifs is 1.